The van der Waals surface area contributed by atoms with Crippen LogP contribution < -0.4 is 0 Å². The molecule has 1 spiro atoms. The molecule has 1 aliphatic heterocycles. The molecular weight excluding hydrogens is 196 g/mol. The molecule has 0 N–H and O–H groups in total. The van der Waals surface area contributed by atoms with Crippen LogP contribution in [0.25, 0.3) is 0 Å². The van der Waals surface area contributed by atoms with E-state index in [0.717, 1.165) is 6.29 Å². The Kier molecular flexibility index (Phi) is 2.43. The van der Waals surface area contributed by atoms with Crippen LogP contribution in [0.5, 0.6) is 0 Å². The summed E-state index contributed by atoms with van der Waals surface area (Å²) in [6.07, 6.45) is 1.90. The lowest BCUT2D eigenvalue weighted by Crippen LogP contribution is -2.56. The first-order valence-electron chi connectivity index (χ1n) is 5.31. The van der Waals surface area contributed by atoms with Crippen LogP contribution in [0, 0.1) is 11.3 Å². The van der Waals surface area contributed by atoms with Crippen LogP contribution in [0.15, 0.2) is 0 Å². The van der Waals surface area contributed by atoms with Gasteiger partial charge in [0.15, 0.2) is 11.6 Å². The minimum absolute atomic E-state index is 0.0642. The van der Waals surface area contributed by atoms with Crippen LogP contribution in [0.4, 0.5) is 0 Å². The Hall–Kier alpha value is -0.740. The van der Waals surface area contributed by atoms with Gasteiger partial charge in [-0.3, -0.25) is 4.79 Å². The number of Topliss-reactive ketones (excluding diaryl/α,β-unsaturated/α-hetero) is 1. The predicted octanol–water partition coefficient (Wildman–Crippen LogP) is 0.934. The molecule has 1 heterocycles. The molecule has 15 heavy (non-hydrogen) atoms. The molecular formula is C11H16O4. The maximum Gasteiger partial charge on any atom is 0.180 e. The fourth-order valence-corrected chi connectivity index (χ4v) is 2.53. The molecule has 1 unspecified atom stereocenters. The van der Waals surface area contributed by atoms with E-state index in [-0.39, 0.29) is 5.78 Å². The molecule has 2 aliphatic rings. The summed E-state index contributed by atoms with van der Waals surface area (Å²) in [5, 5.41) is 0. The van der Waals surface area contributed by atoms with Crippen molar-refractivity contribution in [1.82, 2.24) is 0 Å². The third kappa shape index (κ3) is 1.35. The van der Waals surface area contributed by atoms with Crippen LogP contribution in [-0.2, 0) is 19.1 Å². The molecule has 4 nitrogen and oxygen atoms in total. The first-order valence-corrected chi connectivity index (χ1v) is 5.31. The minimum atomic E-state index is -0.788. The summed E-state index contributed by atoms with van der Waals surface area (Å²) in [4.78, 5) is 22.8. The first-order chi connectivity index (χ1) is 7.03. The standard InChI is InChI=1S/C11H16O4/c1-10(2)9(13)8(7-12)3-4-11(10)14-5-6-15-11/h7-8H,3-6H2,1-2H3. The van der Waals surface area contributed by atoms with Crippen LogP contribution in [0.2, 0.25) is 0 Å². The third-order valence-corrected chi connectivity index (χ3v) is 3.61. The Bertz CT molecular complexity index is 289. The van der Waals surface area contributed by atoms with Gasteiger partial charge in [-0.1, -0.05) is 0 Å². The zero-order valence-corrected chi connectivity index (χ0v) is 9.12. The SMILES string of the molecule is CC1(C)C(=O)C(C=O)CCC12OCCO2. The highest BCUT2D eigenvalue weighted by Crippen LogP contribution is 2.48. The van der Waals surface area contributed by atoms with Crippen molar-refractivity contribution in [1.29, 1.82) is 0 Å². The van der Waals surface area contributed by atoms with Crippen molar-refractivity contribution in [3.8, 4) is 0 Å². The van der Waals surface area contributed by atoms with Crippen LogP contribution >= 0.6 is 0 Å². The number of aldehydes is 1. The first kappa shape index (κ1) is 10.8. The van der Waals surface area contributed by atoms with Crippen molar-refractivity contribution in [3.05, 3.63) is 0 Å². The number of rotatable bonds is 1. The fraction of sp³-hybridized carbons (Fsp3) is 0.818. The molecule has 1 aliphatic carbocycles. The predicted molar refractivity (Wildman–Crippen MR) is 52.2 cm³/mol. The van der Waals surface area contributed by atoms with Gasteiger partial charge in [0, 0.05) is 6.42 Å². The average Bonchev–Trinajstić information content (AvgIpc) is 2.66. The van der Waals surface area contributed by atoms with Crippen molar-refractivity contribution >= 4 is 12.1 Å². The summed E-state index contributed by atoms with van der Waals surface area (Å²) in [5.41, 5.74) is -0.729. The van der Waals surface area contributed by atoms with E-state index in [4.69, 9.17) is 9.47 Å². The van der Waals surface area contributed by atoms with E-state index in [0.29, 0.717) is 26.1 Å². The molecule has 84 valence electrons. The fourth-order valence-electron chi connectivity index (χ4n) is 2.53. The number of hydrogen-bond acceptors (Lipinski definition) is 4. The molecule has 1 saturated heterocycles. The zero-order chi connectivity index (χ0) is 11.1. The quantitative estimate of drug-likeness (QED) is 0.479. The molecule has 1 atom stereocenters. The van der Waals surface area contributed by atoms with Gasteiger partial charge in [-0.05, 0) is 20.3 Å². The topological polar surface area (TPSA) is 52.6 Å². The summed E-state index contributed by atoms with van der Waals surface area (Å²) < 4.78 is 11.2. The van der Waals surface area contributed by atoms with Gasteiger partial charge in [0.25, 0.3) is 0 Å². The maximum atomic E-state index is 12.0. The Morgan fingerprint density at radius 3 is 2.47 bits per heavy atom. The minimum Gasteiger partial charge on any atom is -0.347 e. The van der Waals surface area contributed by atoms with Gasteiger partial charge >= 0.3 is 0 Å². The molecule has 4 heteroatoms. The van der Waals surface area contributed by atoms with Gasteiger partial charge in [-0.25, -0.2) is 0 Å². The van der Waals surface area contributed by atoms with E-state index in [1.54, 1.807) is 13.8 Å². The van der Waals surface area contributed by atoms with E-state index < -0.39 is 17.1 Å². The summed E-state index contributed by atoms with van der Waals surface area (Å²) >= 11 is 0. The average molecular weight is 212 g/mol. The van der Waals surface area contributed by atoms with Gasteiger partial charge in [-0.15, -0.1) is 0 Å². The molecule has 2 fully saturated rings. The number of ether oxygens (including phenoxy) is 2. The summed E-state index contributed by atoms with van der Waals surface area (Å²) in [5.74, 6) is -1.34. The Morgan fingerprint density at radius 1 is 1.33 bits per heavy atom. The Balaban J connectivity index is 2.31. The summed E-state index contributed by atoms with van der Waals surface area (Å²) in [6.45, 7) is 4.66. The monoisotopic (exact) mass is 212 g/mol. The van der Waals surface area contributed by atoms with Crippen molar-refractivity contribution < 1.29 is 19.1 Å². The van der Waals surface area contributed by atoms with E-state index in [9.17, 15) is 9.59 Å². The Morgan fingerprint density at radius 2 is 1.93 bits per heavy atom. The molecule has 0 amide bonds. The van der Waals surface area contributed by atoms with Crippen molar-refractivity contribution in [2.75, 3.05) is 13.2 Å². The number of hydrogen-bond donors (Lipinski definition) is 0. The molecule has 0 radical (unpaired) electrons. The van der Waals surface area contributed by atoms with Crippen LogP contribution in [-0.4, -0.2) is 31.1 Å². The Labute approximate surface area is 88.9 Å². The highest BCUT2D eigenvalue weighted by atomic mass is 16.7. The lowest BCUT2D eigenvalue weighted by Gasteiger charge is -2.45. The molecule has 0 aromatic carbocycles. The van der Waals surface area contributed by atoms with E-state index in [2.05, 4.69) is 0 Å². The third-order valence-electron chi connectivity index (χ3n) is 3.61. The second-order valence-corrected chi connectivity index (χ2v) is 4.72. The second kappa shape index (κ2) is 3.39. The lowest BCUT2D eigenvalue weighted by atomic mass is 9.67. The van der Waals surface area contributed by atoms with Gasteiger partial charge < -0.3 is 14.3 Å². The van der Waals surface area contributed by atoms with Gasteiger partial charge in [0.1, 0.15) is 6.29 Å². The van der Waals surface area contributed by atoms with Gasteiger partial charge in [0.05, 0.1) is 24.5 Å². The van der Waals surface area contributed by atoms with Crippen molar-refractivity contribution in [2.24, 2.45) is 11.3 Å². The summed E-state index contributed by atoms with van der Waals surface area (Å²) in [7, 11) is 0. The second-order valence-electron chi connectivity index (χ2n) is 4.72. The smallest absolute Gasteiger partial charge is 0.180 e. The van der Waals surface area contributed by atoms with Crippen LogP contribution in [0.3, 0.4) is 0 Å². The largest absolute Gasteiger partial charge is 0.347 e. The maximum absolute atomic E-state index is 12.0. The lowest BCUT2D eigenvalue weighted by molar-refractivity contribution is -0.239. The normalized spacial score (nSPS) is 33.2. The molecule has 1 saturated carbocycles. The molecule has 0 aromatic rings. The van der Waals surface area contributed by atoms with E-state index in [1.807, 2.05) is 0 Å². The molecule has 0 aromatic heterocycles. The van der Waals surface area contributed by atoms with Crippen molar-refractivity contribution in [3.63, 3.8) is 0 Å². The van der Waals surface area contributed by atoms with Crippen molar-refractivity contribution in [2.45, 2.75) is 32.5 Å². The van der Waals surface area contributed by atoms with Crippen LogP contribution in [0.1, 0.15) is 26.7 Å². The molecule has 2 rings (SSSR count). The highest BCUT2D eigenvalue weighted by molar-refractivity contribution is 5.98. The molecule has 0 bridgehead atoms. The van der Waals surface area contributed by atoms with E-state index in [1.165, 1.54) is 0 Å². The number of carbonyl (C=O) groups excluding carboxylic acids is 2. The summed E-state index contributed by atoms with van der Waals surface area (Å²) in [6, 6.07) is 0. The highest BCUT2D eigenvalue weighted by Gasteiger charge is 2.58. The van der Waals surface area contributed by atoms with E-state index >= 15 is 0 Å². The number of carbonyl (C=O) groups is 2. The number of ketones is 1. The zero-order valence-electron chi connectivity index (χ0n) is 9.12. The van der Waals surface area contributed by atoms with Gasteiger partial charge in [-0.2, -0.15) is 0 Å². The van der Waals surface area contributed by atoms with Gasteiger partial charge in [0.2, 0.25) is 0 Å².